The Morgan fingerprint density at radius 1 is 0.920 bits per heavy atom. The molecule has 0 saturated carbocycles. The Morgan fingerprint density at radius 3 is 1.92 bits per heavy atom. The predicted molar refractivity (Wildman–Crippen MR) is 99.0 cm³/mol. The van der Waals surface area contributed by atoms with Gasteiger partial charge in [-0.1, -0.05) is 31.2 Å². The van der Waals surface area contributed by atoms with Crippen molar-refractivity contribution in [2.75, 3.05) is 14.2 Å². The minimum atomic E-state index is -0.328. The summed E-state index contributed by atoms with van der Waals surface area (Å²) in [5, 5.41) is 14.5. The summed E-state index contributed by atoms with van der Waals surface area (Å²) < 4.78 is 10.5. The number of aliphatic hydroxyl groups is 1. The molecule has 1 aliphatic rings. The molecule has 1 fully saturated rings. The summed E-state index contributed by atoms with van der Waals surface area (Å²) in [4.78, 5) is 0. The van der Waals surface area contributed by atoms with Crippen LogP contribution in [0.5, 0.6) is 11.5 Å². The van der Waals surface area contributed by atoms with E-state index in [1.165, 1.54) is 11.1 Å². The Kier molecular flexibility index (Phi) is 5.61. The summed E-state index contributed by atoms with van der Waals surface area (Å²) in [7, 11) is 3.34. The smallest absolute Gasteiger partial charge is 0.118 e. The summed E-state index contributed by atoms with van der Waals surface area (Å²) in [6, 6.07) is 16.4. The Hall–Kier alpha value is -2.04. The van der Waals surface area contributed by atoms with E-state index in [-0.39, 0.29) is 24.1 Å². The summed E-state index contributed by atoms with van der Waals surface area (Å²) in [6.07, 6.45) is 1.32. The molecule has 2 aromatic carbocycles. The SMILES string of the molecule is CC[C@H]1[C@H](O)C[C@@H](c2ccc(OC)cc2)N[C@H]1c1ccc(OC)cc1. The average Bonchev–Trinajstić information content (AvgIpc) is 2.67. The molecule has 0 bridgehead atoms. The first-order valence-electron chi connectivity index (χ1n) is 8.88. The van der Waals surface area contributed by atoms with Crippen LogP contribution in [0.1, 0.15) is 43.0 Å². The molecule has 134 valence electrons. The number of benzene rings is 2. The molecule has 0 aromatic heterocycles. The van der Waals surface area contributed by atoms with Crippen LogP contribution >= 0.6 is 0 Å². The van der Waals surface area contributed by atoms with Gasteiger partial charge in [0, 0.05) is 18.0 Å². The molecule has 0 amide bonds. The minimum Gasteiger partial charge on any atom is -0.497 e. The molecule has 4 nitrogen and oxygen atoms in total. The molecule has 3 rings (SSSR count). The zero-order valence-corrected chi connectivity index (χ0v) is 15.1. The van der Waals surface area contributed by atoms with Crippen molar-refractivity contribution >= 4 is 0 Å². The highest BCUT2D eigenvalue weighted by molar-refractivity contribution is 5.33. The monoisotopic (exact) mass is 341 g/mol. The molecule has 1 aliphatic heterocycles. The van der Waals surface area contributed by atoms with E-state index >= 15 is 0 Å². The maximum atomic E-state index is 10.7. The number of ether oxygens (including phenoxy) is 2. The number of hydrogen-bond acceptors (Lipinski definition) is 4. The Morgan fingerprint density at radius 2 is 1.44 bits per heavy atom. The highest BCUT2D eigenvalue weighted by Crippen LogP contribution is 2.39. The number of nitrogens with one attached hydrogen (secondary N) is 1. The van der Waals surface area contributed by atoms with Crippen LogP contribution in [0.2, 0.25) is 0 Å². The molecule has 1 heterocycles. The number of methoxy groups -OCH3 is 2. The molecule has 1 saturated heterocycles. The second-order valence-electron chi connectivity index (χ2n) is 6.62. The molecule has 4 atom stereocenters. The van der Waals surface area contributed by atoms with E-state index < -0.39 is 0 Å². The fourth-order valence-corrected chi connectivity index (χ4v) is 3.78. The first-order chi connectivity index (χ1) is 12.2. The van der Waals surface area contributed by atoms with Crippen molar-refractivity contribution in [2.45, 2.75) is 38.0 Å². The third kappa shape index (κ3) is 3.80. The topological polar surface area (TPSA) is 50.7 Å². The summed E-state index contributed by atoms with van der Waals surface area (Å²) in [5.41, 5.74) is 2.36. The zero-order valence-electron chi connectivity index (χ0n) is 15.1. The lowest BCUT2D eigenvalue weighted by Gasteiger charge is -2.41. The summed E-state index contributed by atoms with van der Waals surface area (Å²) >= 11 is 0. The maximum absolute atomic E-state index is 10.7. The van der Waals surface area contributed by atoms with E-state index in [0.29, 0.717) is 0 Å². The van der Waals surface area contributed by atoms with Crippen LogP contribution in [0, 0.1) is 5.92 Å². The molecule has 0 aliphatic carbocycles. The van der Waals surface area contributed by atoms with Crippen molar-refractivity contribution in [1.29, 1.82) is 0 Å². The van der Waals surface area contributed by atoms with Crippen LogP contribution in [-0.4, -0.2) is 25.4 Å². The number of rotatable bonds is 5. The van der Waals surface area contributed by atoms with Crippen LogP contribution in [0.4, 0.5) is 0 Å². The van der Waals surface area contributed by atoms with Crippen LogP contribution in [-0.2, 0) is 0 Å². The third-order valence-electron chi connectivity index (χ3n) is 5.24. The second-order valence-corrected chi connectivity index (χ2v) is 6.62. The molecule has 25 heavy (non-hydrogen) atoms. The summed E-state index contributed by atoms with van der Waals surface area (Å²) in [6.45, 7) is 2.14. The molecule has 0 unspecified atom stereocenters. The fraction of sp³-hybridized carbons (Fsp3) is 0.429. The largest absolute Gasteiger partial charge is 0.497 e. The Balaban J connectivity index is 1.85. The summed E-state index contributed by atoms with van der Waals surface area (Å²) in [5.74, 6) is 1.89. The van der Waals surface area contributed by atoms with Gasteiger partial charge in [0.25, 0.3) is 0 Å². The number of piperidine rings is 1. The Labute approximate surface area is 149 Å². The van der Waals surface area contributed by atoms with Crippen molar-refractivity contribution in [3.8, 4) is 11.5 Å². The van der Waals surface area contributed by atoms with E-state index in [1.54, 1.807) is 14.2 Å². The molecule has 2 aromatic rings. The van der Waals surface area contributed by atoms with Crippen molar-refractivity contribution in [3.05, 3.63) is 59.7 Å². The lowest BCUT2D eigenvalue weighted by Crippen LogP contribution is -2.44. The van der Waals surface area contributed by atoms with E-state index in [4.69, 9.17) is 9.47 Å². The van der Waals surface area contributed by atoms with Gasteiger partial charge in [0.2, 0.25) is 0 Å². The van der Waals surface area contributed by atoms with Gasteiger partial charge in [-0.3, -0.25) is 0 Å². The highest BCUT2D eigenvalue weighted by Gasteiger charge is 2.36. The van der Waals surface area contributed by atoms with Gasteiger partial charge in [0.05, 0.1) is 20.3 Å². The van der Waals surface area contributed by atoms with Crippen LogP contribution in [0.3, 0.4) is 0 Å². The molecule has 0 spiro atoms. The van der Waals surface area contributed by atoms with Crippen molar-refractivity contribution in [3.63, 3.8) is 0 Å². The van der Waals surface area contributed by atoms with E-state index in [0.717, 1.165) is 24.3 Å². The van der Waals surface area contributed by atoms with Gasteiger partial charge in [-0.15, -0.1) is 0 Å². The normalized spacial score (nSPS) is 26.2. The van der Waals surface area contributed by atoms with Crippen LogP contribution < -0.4 is 14.8 Å². The van der Waals surface area contributed by atoms with Gasteiger partial charge in [0.1, 0.15) is 11.5 Å². The van der Waals surface area contributed by atoms with Gasteiger partial charge >= 0.3 is 0 Å². The number of hydrogen-bond donors (Lipinski definition) is 2. The Bertz CT molecular complexity index is 669. The maximum Gasteiger partial charge on any atom is 0.118 e. The molecular weight excluding hydrogens is 314 g/mol. The molecule has 2 N–H and O–H groups in total. The van der Waals surface area contributed by atoms with Gasteiger partial charge in [-0.25, -0.2) is 0 Å². The van der Waals surface area contributed by atoms with E-state index in [2.05, 4.69) is 36.5 Å². The lowest BCUT2D eigenvalue weighted by molar-refractivity contribution is 0.0290. The van der Waals surface area contributed by atoms with Crippen molar-refractivity contribution < 1.29 is 14.6 Å². The standard InChI is InChI=1S/C21H27NO3/c1-4-18-20(23)13-19(14-5-9-16(24-2)10-6-14)22-21(18)15-7-11-17(25-3)12-8-15/h5-12,18-23H,4,13H2,1-3H3/t18-,19-,20+,21-/m0/s1. The van der Waals surface area contributed by atoms with Gasteiger partial charge in [-0.05, 0) is 48.2 Å². The average molecular weight is 341 g/mol. The van der Waals surface area contributed by atoms with E-state index in [9.17, 15) is 5.11 Å². The first-order valence-corrected chi connectivity index (χ1v) is 8.88. The lowest BCUT2D eigenvalue weighted by atomic mass is 9.78. The number of aliphatic hydroxyl groups excluding tert-OH is 1. The van der Waals surface area contributed by atoms with Crippen molar-refractivity contribution in [2.24, 2.45) is 5.92 Å². The van der Waals surface area contributed by atoms with Crippen LogP contribution in [0.25, 0.3) is 0 Å². The quantitative estimate of drug-likeness (QED) is 0.867. The van der Waals surface area contributed by atoms with Gasteiger partial charge < -0.3 is 19.9 Å². The van der Waals surface area contributed by atoms with Crippen molar-refractivity contribution in [1.82, 2.24) is 5.32 Å². The van der Waals surface area contributed by atoms with Crippen LogP contribution in [0.15, 0.2) is 48.5 Å². The third-order valence-corrected chi connectivity index (χ3v) is 5.24. The predicted octanol–water partition coefficient (Wildman–Crippen LogP) is 3.87. The van der Waals surface area contributed by atoms with E-state index in [1.807, 2.05) is 24.3 Å². The van der Waals surface area contributed by atoms with Gasteiger partial charge in [-0.2, -0.15) is 0 Å². The zero-order chi connectivity index (χ0) is 17.8. The minimum absolute atomic E-state index is 0.117. The second kappa shape index (κ2) is 7.89. The molecule has 4 heteroatoms. The van der Waals surface area contributed by atoms with Gasteiger partial charge in [0.15, 0.2) is 0 Å². The molecule has 0 radical (unpaired) electrons. The molecular formula is C21H27NO3. The first kappa shape index (κ1) is 17.8. The highest BCUT2D eigenvalue weighted by atomic mass is 16.5. The fourth-order valence-electron chi connectivity index (χ4n) is 3.78.